The molecule has 2 aromatic carbocycles. The van der Waals surface area contributed by atoms with Crippen molar-refractivity contribution >= 4 is 22.4 Å². The first-order valence-corrected chi connectivity index (χ1v) is 10.1. The SMILES string of the molecule is COc1cccc(CCC(=O)Nc2cccc3c(=O)n(Cc4cccnc4)ccc23)c1. The van der Waals surface area contributed by atoms with Gasteiger partial charge in [-0.05, 0) is 53.9 Å². The van der Waals surface area contributed by atoms with Gasteiger partial charge in [-0.2, -0.15) is 0 Å². The van der Waals surface area contributed by atoms with Crippen molar-refractivity contribution in [1.29, 1.82) is 0 Å². The maximum absolute atomic E-state index is 13.0. The van der Waals surface area contributed by atoms with Gasteiger partial charge in [0, 0.05) is 41.5 Å². The molecule has 0 aliphatic rings. The van der Waals surface area contributed by atoms with Gasteiger partial charge in [-0.15, -0.1) is 0 Å². The maximum Gasteiger partial charge on any atom is 0.258 e. The van der Waals surface area contributed by atoms with E-state index in [1.165, 1.54) is 0 Å². The van der Waals surface area contributed by atoms with Crippen LogP contribution in [0.3, 0.4) is 0 Å². The van der Waals surface area contributed by atoms with Crippen molar-refractivity contribution < 1.29 is 9.53 Å². The van der Waals surface area contributed by atoms with Gasteiger partial charge in [-0.3, -0.25) is 14.6 Å². The summed E-state index contributed by atoms with van der Waals surface area (Å²) in [4.78, 5) is 29.6. The van der Waals surface area contributed by atoms with E-state index in [2.05, 4.69) is 10.3 Å². The molecule has 31 heavy (non-hydrogen) atoms. The quantitative estimate of drug-likeness (QED) is 0.497. The summed E-state index contributed by atoms with van der Waals surface area (Å²) in [6.07, 6.45) is 6.14. The lowest BCUT2D eigenvalue weighted by atomic mass is 10.1. The van der Waals surface area contributed by atoms with Crippen LogP contribution >= 0.6 is 0 Å². The molecule has 156 valence electrons. The standard InChI is InChI=1S/C25H23N3O3/c1-31-20-7-2-5-18(15-20)10-11-24(29)27-23-9-3-8-22-21(23)12-14-28(25(22)30)17-19-6-4-13-26-16-19/h2-9,12-16H,10-11,17H2,1H3,(H,27,29). The highest BCUT2D eigenvalue weighted by atomic mass is 16.5. The van der Waals surface area contributed by atoms with E-state index >= 15 is 0 Å². The minimum absolute atomic E-state index is 0.102. The van der Waals surface area contributed by atoms with Crippen LogP contribution in [0.2, 0.25) is 0 Å². The first kappa shape index (κ1) is 20.3. The highest BCUT2D eigenvalue weighted by Gasteiger charge is 2.10. The molecule has 0 atom stereocenters. The number of aryl methyl sites for hydroxylation is 1. The molecule has 0 spiro atoms. The Morgan fingerprint density at radius 1 is 1.03 bits per heavy atom. The molecular formula is C25H23N3O3. The van der Waals surface area contributed by atoms with Crippen LogP contribution in [0.1, 0.15) is 17.5 Å². The molecule has 0 fully saturated rings. The fourth-order valence-corrected chi connectivity index (χ4v) is 3.54. The number of methoxy groups -OCH3 is 1. The second-order valence-corrected chi connectivity index (χ2v) is 7.28. The summed E-state index contributed by atoms with van der Waals surface area (Å²) in [7, 11) is 1.62. The number of aromatic nitrogens is 2. The second-order valence-electron chi connectivity index (χ2n) is 7.28. The highest BCUT2D eigenvalue weighted by Crippen LogP contribution is 2.21. The Bertz CT molecular complexity index is 1270. The Balaban J connectivity index is 1.50. The van der Waals surface area contributed by atoms with E-state index in [4.69, 9.17) is 4.74 Å². The highest BCUT2D eigenvalue weighted by molar-refractivity contribution is 6.01. The van der Waals surface area contributed by atoms with Crippen LogP contribution in [0.5, 0.6) is 5.75 Å². The third kappa shape index (κ3) is 4.80. The van der Waals surface area contributed by atoms with Crippen LogP contribution in [-0.4, -0.2) is 22.6 Å². The summed E-state index contributed by atoms with van der Waals surface area (Å²) in [5.74, 6) is 0.671. The number of nitrogens with one attached hydrogen (secondary N) is 1. The molecule has 0 aliphatic carbocycles. The van der Waals surface area contributed by atoms with Crippen molar-refractivity contribution in [3.05, 3.63) is 101 Å². The zero-order chi connectivity index (χ0) is 21.6. The molecule has 0 radical (unpaired) electrons. The van der Waals surface area contributed by atoms with E-state index in [1.54, 1.807) is 42.4 Å². The molecule has 6 nitrogen and oxygen atoms in total. The number of hydrogen-bond donors (Lipinski definition) is 1. The van der Waals surface area contributed by atoms with Gasteiger partial charge < -0.3 is 14.6 Å². The van der Waals surface area contributed by atoms with Crippen LogP contribution in [0, 0.1) is 0 Å². The number of fused-ring (bicyclic) bond motifs is 1. The molecule has 2 heterocycles. The molecule has 1 N–H and O–H groups in total. The van der Waals surface area contributed by atoms with Gasteiger partial charge >= 0.3 is 0 Å². The fourth-order valence-electron chi connectivity index (χ4n) is 3.54. The number of rotatable bonds is 7. The lowest BCUT2D eigenvalue weighted by molar-refractivity contribution is -0.116. The normalized spacial score (nSPS) is 10.7. The van der Waals surface area contributed by atoms with E-state index in [0.717, 1.165) is 22.3 Å². The molecule has 0 aliphatic heterocycles. The predicted molar refractivity (Wildman–Crippen MR) is 121 cm³/mol. The lowest BCUT2D eigenvalue weighted by Crippen LogP contribution is -2.21. The largest absolute Gasteiger partial charge is 0.497 e. The topological polar surface area (TPSA) is 73.2 Å². The zero-order valence-corrected chi connectivity index (χ0v) is 17.2. The number of carbonyl (C=O) groups excluding carboxylic acids is 1. The van der Waals surface area contributed by atoms with Gasteiger partial charge in [0.1, 0.15) is 5.75 Å². The van der Waals surface area contributed by atoms with Gasteiger partial charge in [-0.25, -0.2) is 0 Å². The van der Waals surface area contributed by atoms with Crippen molar-refractivity contribution in [2.24, 2.45) is 0 Å². The van der Waals surface area contributed by atoms with Crippen LogP contribution in [0.4, 0.5) is 5.69 Å². The summed E-state index contributed by atoms with van der Waals surface area (Å²) >= 11 is 0. The number of carbonyl (C=O) groups is 1. The molecular weight excluding hydrogens is 390 g/mol. The van der Waals surface area contributed by atoms with Gasteiger partial charge in [0.2, 0.25) is 5.91 Å². The molecule has 0 saturated carbocycles. The molecule has 0 saturated heterocycles. The number of hydrogen-bond acceptors (Lipinski definition) is 4. The van der Waals surface area contributed by atoms with Gasteiger partial charge in [0.15, 0.2) is 0 Å². The third-order valence-corrected chi connectivity index (χ3v) is 5.14. The average molecular weight is 413 g/mol. The zero-order valence-electron chi connectivity index (χ0n) is 17.2. The van der Waals surface area contributed by atoms with E-state index in [-0.39, 0.29) is 11.5 Å². The Labute approximate surface area is 180 Å². The van der Waals surface area contributed by atoms with Gasteiger partial charge in [0.25, 0.3) is 5.56 Å². The Morgan fingerprint density at radius 2 is 1.87 bits per heavy atom. The summed E-state index contributed by atoms with van der Waals surface area (Å²) in [5, 5.41) is 4.25. The van der Waals surface area contributed by atoms with E-state index in [1.807, 2.05) is 48.5 Å². The Morgan fingerprint density at radius 3 is 2.68 bits per heavy atom. The van der Waals surface area contributed by atoms with E-state index in [9.17, 15) is 9.59 Å². The number of pyridine rings is 2. The minimum atomic E-state index is -0.103. The Kier molecular flexibility index (Phi) is 6.08. The molecule has 4 rings (SSSR count). The van der Waals surface area contributed by atoms with Gasteiger partial charge in [0.05, 0.1) is 13.7 Å². The van der Waals surface area contributed by atoms with E-state index < -0.39 is 0 Å². The molecule has 6 heteroatoms. The number of nitrogens with zero attached hydrogens (tertiary/aromatic N) is 2. The van der Waals surface area contributed by atoms with Crippen molar-refractivity contribution in [2.75, 3.05) is 12.4 Å². The smallest absolute Gasteiger partial charge is 0.258 e. The summed E-state index contributed by atoms with van der Waals surface area (Å²) in [5.41, 5.74) is 2.52. The van der Waals surface area contributed by atoms with E-state index in [0.29, 0.717) is 30.5 Å². The molecule has 0 unspecified atom stereocenters. The number of anilines is 1. The minimum Gasteiger partial charge on any atom is -0.497 e. The molecule has 0 bridgehead atoms. The third-order valence-electron chi connectivity index (χ3n) is 5.14. The van der Waals surface area contributed by atoms with Crippen molar-refractivity contribution in [3.8, 4) is 5.75 Å². The summed E-state index contributed by atoms with van der Waals surface area (Å²) in [6, 6.07) is 18.7. The number of benzene rings is 2. The molecule has 4 aromatic rings. The second kappa shape index (κ2) is 9.26. The van der Waals surface area contributed by atoms with Crippen molar-refractivity contribution in [3.63, 3.8) is 0 Å². The van der Waals surface area contributed by atoms with Gasteiger partial charge in [-0.1, -0.05) is 24.3 Å². The number of ether oxygens (including phenoxy) is 1. The first-order valence-electron chi connectivity index (χ1n) is 10.1. The molecule has 2 aromatic heterocycles. The lowest BCUT2D eigenvalue weighted by Gasteiger charge is -2.11. The molecule has 1 amide bonds. The number of amides is 1. The van der Waals surface area contributed by atoms with Crippen LogP contribution in [-0.2, 0) is 17.8 Å². The average Bonchev–Trinajstić information content (AvgIpc) is 2.81. The Hall–Kier alpha value is -3.93. The summed E-state index contributed by atoms with van der Waals surface area (Å²) < 4.78 is 6.87. The monoisotopic (exact) mass is 413 g/mol. The first-order chi connectivity index (χ1) is 15.1. The summed E-state index contributed by atoms with van der Waals surface area (Å²) in [6.45, 7) is 0.444. The predicted octanol–water partition coefficient (Wildman–Crippen LogP) is 4.02. The van der Waals surface area contributed by atoms with Crippen LogP contribution in [0.15, 0.2) is 84.0 Å². The van der Waals surface area contributed by atoms with Crippen molar-refractivity contribution in [1.82, 2.24) is 9.55 Å². The van der Waals surface area contributed by atoms with Crippen LogP contribution < -0.4 is 15.6 Å². The van der Waals surface area contributed by atoms with Crippen molar-refractivity contribution in [2.45, 2.75) is 19.4 Å². The maximum atomic E-state index is 13.0. The fraction of sp³-hybridized carbons (Fsp3) is 0.160. The van der Waals surface area contributed by atoms with Crippen LogP contribution in [0.25, 0.3) is 10.8 Å².